The fourth-order valence-electron chi connectivity index (χ4n) is 8.25. The quantitative estimate of drug-likeness (QED) is 0.0197. The molecule has 0 heterocycles. The summed E-state index contributed by atoms with van der Waals surface area (Å²) >= 11 is 0. The van der Waals surface area contributed by atoms with Gasteiger partial charge in [-0.3, -0.25) is 23.4 Å². The molecule has 0 rings (SSSR count). The predicted molar refractivity (Wildman–Crippen MR) is 325 cm³/mol. The van der Waals surface area contributed by atoms with Crippen molar-refractivity contribution in [2.75, 3.05) is 26.4 Å². The summed E-state index contributed by atoms with van der Waals surface area (Å²) in [6, 6.07) is 0. The van der Waals surface area contributed by atoms with E-state index in [9.17, 15) is 28.9 Å². The minimum atomic E-state index is -4.78. The first-order valence-electron chi connectivity index (χ1n) is 31.1. The molecule has 0 aromatic carbocycles. The zero-order valence-corrected chi connectivity index (χ0v) is 50.5. The molecule has 0 spiro atoms. The Labute approximate surface area is 476 Å². The molecule has 0 radical (unpaired) electrons. The zero-order valence-electron chi connectivity index (χ0n) is 49.6. The molecule has 0 saturated carbocycles. The highest BCUT2D eigenvalue weighted by Gasteiger charge is 2.28. The lowest BCUT2D eigenvalue weighted by Crippen LogP contribution is -2.30. The van der Waals surface area contributed by atoms with Gasteiger partial charge in [-0.05, 0) is 109 Å². The molecule has 0 aromatic rings. The summed E-state index contributed by atoms with van der Waals surface area (Å²) in [4.78, 5) is 48.6. The fraction of sp³-hybridized carbons (Fsp3) is 0.712. The van der Waals surface area contributed by atoms with Crippen LogP contribution in [0.4, 0.5) is 0 Å². The van der Waals surface area contributed by atoms with E-state index in [4.69, 9.17) is 23.3 Å². The van der Waals surface area contributed by atoms with Gasteiger partial charge in [-0.25, -0.2) is 4.57 Å². The molecule has 12 heteroatoms. The summed E-state index contributed by atoms with van der Waals surface area (Å²) in [6.07, 6.45) is 70.9. The van der Waals surface area contributed by atoms with Gasteiger partial charge in [0.15, 0.2) is 6.10 Å². The molecule has 3 atom stereocenters. The highest BCUT2D eigenvalue weighted by molar-refractivity contribution is 7.47. The van der Waals surface area contributed by atoms with Crippen LogP contribution in [0.5, 0.6) is 0 Å². The van der Waals surface area contributed by atoms with Crippen LogP contribution in [0.15, 0.2) is 97.2 Å². The van der Waals surface area contributed by atoms with Gasteiger partial charge >= 0.3 is 25.7 Å². The minimum absolute atomic E-state index is 0.0527. The normalized spacial score (nSPS) is 14.0. The molecular weight excluding hydrogens is 1000 g/mol. The molecule has 448 valence electrons. The second kappa shape index (κ2) is 59.5. The van der Waals surface area contributed by atoms with Crippen molar-refractivity contribution < 1.29 is 52.2 Å². The fourth-order valence-corrected chi connectivity index (χ4v) is 9.04. The van der Waals surface area contributed by atoms with Gasteiger partial charge in [-0.1, -0.05) is 234 Å². The maximum atomic E-state index is 13.0. The van der Waals surface area contributed by atoms with Gasteiger partial charge in [-0.2, -0.15) is 0 Å². The van der Waals surface area contributed by atoms with E-state index in [-0.39, 0.29) is 25.9 Å². The Morgan fingerprint density at radius 3 is 1.10 bits per heavy atom. The summed E-state index contributed by atoms with van der Waals surface area (Å²) in [6.45, 7) is 4.41. The Hall–Kier alpha value is -3.60. The summed E-state index contributed by atoms with van der Waals surface area (Å²) < 4.78 is 39.5. The number of aliphatic hydroxyl groups is 1. The second-order valence-electron chi connectivity index (χ2n) is 20.5. The van der Waals surface area contributed by atoms with Crippen LogP contribution < -0.4 is 0 Å². The molecule has 0 aliphatic heterocycles. The Bertz CT molecular complexity index is 1680. The third kappa shape index (κ3) is 57.1. The van der Waals surface area contributed by atoms with E-state index in [2.05, 4.69) is 106 Å². The molecule has 0 aromatic heterocycles. The Morgan fingerprint density at radius 1 is 0.372 bits per heavy atom. The predicted octanol–water partition coefficient (Wildman–Crippen LogP) is 18.8. The number of hydrogen-bond donors (Lipinski definition) is 2. The van der Waals surface area contributed by atoms with E-state index < -0.39 is 57.8 Å². The van der Waals surface area contributed by atoms with E-state index >= 15 is 0 Å². The SMILES string of the molecule is CC/C=C\C/C=C\C/C=C\C/C=C\CCC(=O)OC(CO)COP(=O)(O)OCC(COC(=O)CCCCCCCCCCC/C=C\C/C=C\CCCCC)OC(=O)CCCCCCCCCCC/C=C\C/C=C\CCCCC. The number of aliphatic hydroxyl groups excluding tert-OH is 1. The average Bonchev–Trinajstić information content (AvgIpc) is 3.43. The van der Waals surface area contributed by atoms with Crippen LogP contribution in [0.3, 0.4) is 0 Å². The van der Waals surface area contributed by atoms with Crippen molar-refractivity contribution in [2.24, 2.45) is 0 Å². The van der Waals surface area contributed by atoms with E-state index in [1.807, 2.05) is 12.2 Å². The summed E-state index contributed by atoms with van der Waals surface area (Å²) in [7, 11) is -4.78. The van der Waals surface area contributed by atoms with Crippen LogP contribution in [0.25, 0.3) is 0 Å². The number of unbranched alkanes of at least 4 members (excludes halogenated alkanes) is 24. The lowest BCUT2D eigenvalue weighted by Gasteiger charge is -2.21. The molecule has 0 aliphatic rings. The van der Waals surface area contributed by atoms with Gasteiger partial charge in [0.2, 0.25) is 0 Å². The van der Waals surface area contributed by atoms with Crippen LogP contribution in [-0.2, 0) is 42.2 Å². The number of esters is 3. The number of carbonyl (C=O) groups excluding carboxylic acids is 3. The average molecular weight is 1110 g/mol. The van der Waals surface area contributed by atoms with Gasteiger partial charge in [0, 0.05) is 19.3 Å². The number of hydrogen-bond acceptors (Lipinski definition) is 10. The summed E-state index contributed by atoms with van der Waals surface area (Å²) in [5.74, 6) is -1.56. The molecule has 2 N–H and O–H groups in total. The van der Waals surface area contributed by atoms with Gasteiger partial charge in [-0.15, -0.1) is 0 Å². The largest absolute Gasteiger partial charge is 0.472 e. The zero-order chi connectivity index (χ0) is 56.9. The first-order chi connectivity index (χ1) is 38.2. The molecule has 0 amide bonds. The van der Waals surface area contributed by atoms with Gasteiger partial charge < -0.3 is 24.2 Å². The molecule has 0 aliphatic carbocycles. The van der Waals surface area contributed by atoms with Gasteiger partial charge in [0.1, 0.15) is 12.7 Å². The van der Waals surface area contributed by atoms with Crippen LogP contribution in [0.2, 0.25) is 0 Å². The first kappa shape index (κ1) is 74.4. The molecule has 0 fully saturated rings. The van der Waals surface area contributed by atoms with Crippen LogP contribution in [-0.4, -0.2) is 66.5 Å². The maximum Gasteiger partial charge on any atom is 0.472 e. The lowest BCUT2D eigenvalue weighted by atomic mass is 10.1. The summed E-state index contributed by atoms with van der Waals surface area (Å²) in [5, 5.41) is 9.81. The number of allylic oxidation sites excluding steroid dienone is 16. The van der Waals surface area contributed by atoms with E-state index in [1.54, 1.807) is 0 Å². The standard InChI is InChI=1S/C66H113O11P/c1-4-7-10-13-16-19-22-25-27-29-31-33-35-38-40-43-46-49-52-55-64(68)73-59-63(77-66(70)57-54-51-48-45-42-39-36-34-32-30-28-26-23-20-17-14-11-8-5-2)61-75-78(71,72)74-60-62(58-67)76-65(69)56-53-50-47-44-41-37-24-21-18-15-12-9-6-3/h9,12,16-21,25-28,37,41,47,50,62-63,67H,4-8,10-11,13-15,22-24,29-36,38-40,42-46,48-49,51-61H2,1-3H3,(H,71,72)/b12-9-,19-16-,20-17-,21-18-,27-25-,28-26-,41-37-,50-47-. The van der Waals surface area contributed by atoms with Crippen molar-refractivity contribution in [3.8, 4) is 0 Å². The Balaban J connectivity index is 4.77. The number of phosphoric acid groups is 1. The maximum absolute atomic E-state index is 13.0. The van der Waals surface area contributed by atoms with Crippen molar-refractivity contribution >= 4 is 25.7 Å². The molecule has 0 bridgehead atoms. The molecule has 3 unspecified atom stereocenters. The number of rotatable bonds is 57. The summed E-state index contributed by atoms with van der Waals surface area (Å²) in [5.41, 5.74) is 0. The third-order valence-corrected chi connectivity index (χ3v) is 13.9. The van der Waals surface area contributed by atoms with E-state index in [1.165, 1.54) is 116 Å². The number of phosphoric ester groups is 1. The number of carbonyl (C=O) groups is 3. The molecular formula is C66H113O11P. The Morgan fingerprint density at radius 2 is 0.692 bits per heavy atom. The molecule has 0 saturated heterocycles. The lowest BCUT2D eigenvalue weighted by molar-refractivity contribution is -0.161. The first-order valence-corrected chi connectivity index (χ1v) is 32.6. The third-order valence-electron chi connectivity index (χ3n) is 13.0. The highest BCUT2D eigenvalue weighted by Crippen LogP contribution is 2.43. The van der Waals surface area contributed by atoms with Crippen molar-refractivity contribution in [2.45, 2.75) is 277 Å². The van der Waals surface area contributed by atoms with Crippen LogP contribution >= 0.6 is 7.82 Å². The van der Waals surface area contributed by atoms with E-state index in [0.717, 1.165) is 89.9 Å². The van der Waals surface area contributed by atoms with Crippen LogP contribution in [0, 0.1) is 0 Å². The van der Waals surface area contributed by atoms with E-state index in [0.29, 0.717) is 19.3 Å². The van der Waals surface area contributed by atoms with Crippen molar-refractivity contribution in [1.29, 1.82) is 0 Å². The van der Waals surface area contributed by atoms with Gasteiger partial charge in [0.05, 0.1) is 19.8 Å². The van der Waals surface area contributed by atoms with Gasteiger partial charge in [0.25, 0.3) is 0 Å². The van der Waals surface area contributed by atoms with Crippen molar-refractivity contribution in [3.63, 3.8) is 0 Å². The molecule has 78 heavy (non-hydrogen) atoms. The second-order valence-corrected chi connectivity index (χ2v) is 21.9. The monoisotopic (exact) mass is 1110 g/mol. The van der Waals surface area contributed by atoms with Crippen molar-refractivity contribution in [1.82, 2.24) is 0 Å². The topological polar surface area (TPSA) is 155 Å². The minimum Gasteiger partial charge on any atom is -0.462 e. The van der Waals surface area contributed by atoms with Crippen LogP contribution in [0.1, 0.15) is 265 Å². The smallest absolute Gasteiger partial charge is 0.462 e. The number of ether oxygens (including phenoxy) is 3. The highest BCUT2D eigenvalue weighted by atomic mass is 31.2. The molecule has 11 nitrogen and oxygen atoms in total. The van der Waals surface area contributed by atoms with Crippen molar-refractivity contribution in [3.05, 3.63) is 97.2 Å². The Kier molecular flexibility index (Phi) is 56.8.